The van der Waals surface area contributed by atoms with E-state index in [4.69, 9.17) is 0 Å². The quantitative estimate of drug-likeness (QED) is 0.580. The molecule has 2 aromatic rings. The van der Waals surface area contributed by atoms with Crippen LogP contribution < -0.4 is 0 Å². The van der Waals surface area contributed by atoms with Crippen LogP contribution in [-0.2, 0) is 13.1 Å². The number of aromatic nitrogens is 4. The number of H-pyrrole nitrogens is 2. The maximum absolute atomic E-state index is 4.49. The van der Waals surface area contributed by atoms with E-state index in [1.807, 2.05) is 24.8 Å². The summed E-state index contributed by atoms with van der Waals surface area (Å²) in [6, 6.07) is 0.613. The van der Waals surface area contributed by atoms with E-state index in [0.717, 1.165) is 36.6 Å². The molecule has 3 aliphatic rings. The maximum atomic E-state index is 4.49. The highest BCUT2D eigenvalue weighted by atomic mass is 15.2. The first-order valence-electron chi connectivity index (χ1n) is 13.7. The summed E-state index contributed by atoms with van der Waals surface area (Å²) in [5.41, 5.74) is 0.619. The van der Waals surface area contributed by atoms with Crippen LogP contribution >= 0.6 is 0 Å². The van der Waals surface area contributed by atoms with Crippen molar-refractivity contribution in [1.82, 2.24) is 34.6 Å². The van der Waals surface area contributed by atoms with E-state index in [0.29, 0.717) is 11.5 Å². The second kappa shape index (κ2) is 10.9. The monoisotopic (exact) mass is 467 g/mol. The molecule has 0 bridgehead atoms. The normalized spacial score (nSPS) is 26.2. The second-order valence-corrected chi connectivity index (χ2v) is 11.8. The smallest absolute Gasteiger partial charge is 0.120 e. The van der Waals surface area contributed by atoms with Gasteiger partial charge in [0.2, 0.25) is 0 Å². The number of likely N-dealkylation sites (tertiary alicyclic amines) is 2. The van der Waals surface area contributed by atoms with Gasteiger partial charge in [-0.15, -0.1) is 0 Å². The van der Waals surface area contributed by atoms with E-state index >= 15 is 0 Å². The van der Waals surface area contributed by atoms with E-state index in [2.05, 4.69) is 48.5 Å². The molecule has 1 spiro atoms. The van der Waals surface area contributed by atoms with Crippen molar-refractivity contribution in [1.29, 1.82) is 0 Å². The van der Waals surface area contributed by atoms with E-state index in [9.17, 15) is 0 Å². The zero-order valence-corrected chi connectivity index (χ0v) is 21.4. The summed E-state index contributed by atoms with van der Waals surface area (Å²) in [6.07, 6.45) is 17.1. The zero-order valence-electron chi connectivity index (χ0n) is 21.4. The summed E-state index contributed by atoms with van der Waals surface area (Å²) in [7, 11) is 0. The van der Waals surface area contributed by atoms with Crippen LogP contribution in [0.3, 0.4) is 0 Å². The molecule has 0 atom stereocenters. The maximum Gasteiger partial charge on any atom is 0.120 e. The number of hydrogen-bond acceptors (Lipinski definition) is 5. The zero-order chi connectivity index (χ0) is 23.4. The second-order valence-electron chi connectivity index (χ2n) is 11.8. The number of piperidine rings is 1. The van der Waals surface area contributed by atoms with Crippen molar-refractivity contribution < 1.29 is 0 Å². The number of rotatable bonds is 9. The molecule has 2 N–H and O–H groups in total. The third kappa shape index (κ3) is 6.10. The largest absolute Gasteiger partial charge is 0.348 e. The Morgan fingerprint density at radius 2 is 1.50 bits per heavy atom. The topological polar surface area (TPSA) is 67.1 Å². The van der Waals surface area contributed by atoms with Gasteiger partial charge in [0.25, 0.3) is 0 Å². The summed E-state index contributed by atoms with van der Waals surface area (Å²) < 4.78 is 0. The minimum Gasteiger partial charge on any atom is -0.348 e. The lowest BCUT2D eigenvalue weighted by Gasteiger charge is -2.40. The van der Waals surface area contributed by atoms with Crippen molar-refractivity contribution in [2.45, 2.75) is 77.9 Å². The van der Waals surface area contributed by atoms with Gasteiger partial charge in [-0.3, -0.25) is 4.90 Å². The lowest BCUT2D eigenvalue weighted by molar-refractivity contribution is 0.0874. The molecule has 1 saturated carbocycles. The van der Waals surface area contributed by atoms with Gasteiger partial charge >= 0.3 is 0 Å². The molecule has 188 valence electrons. The number of aromatic amines is 2. The Morgan fingerprint density at radius 3 is 2.03 bits per heavy atom. The minimum absolute atomic E-state index is 0.613. The molecule has 0 amide bonds. The van der Waals surface area contributed by atoms with Gasteiger partial charge in [-0.05, 0) is 81.8 Å². The highest BCUT2D eigenvalue weighted by molar-refractivity contribution is 4.96. The van der Waals surface area contributed by atoms with Gasteiger partial charge in [-0.25, -0.2) is 9.97 Å². The average molecular weight is 468 g/mol. The Morgan fingerprint density at radius 1 is 0.912 bits per heavy atom. The van der Waals surface area contributed by atoms with Gasteiger partial charge in [0, 0.05) is 50.5 Å². The molecule has 0 unspecified atom stereocenters. The highest BCUT2D eigenvalue weighted by Gasteiger charge is 2.41. The molecule has 5 rings (SSSR count). The van der Waals surface area contributed by atoms with E-state index in [-0.39, 0.29) is 0 Å². The van der Waals surface area contributed by atoms with Gasteiger partial charge in [-0.1, -0.05) is 13.8 Å². The van der Waals surface area contributed by atoms with Gasteiger partial charge in [0.15, 0.2) is 0 Å². The van der Waals surface area contributed by atoms with Crippen molar-refractivity contribution >= 4 is 0 Å². The fourth-order valence-corrected chi connectivity index (χ4v) is 6.84. The van der Waals surface area contributed by atoms with Crippen LogP contribution in [0.5, 0.6) is 0 Å². The first kappa shape index (κ1) is 24.0. The molecule has 1 aliphatic carbocycles. The van der Waals surface area contributed by atoms with E-state index in [1.54, 1.807) is 0 Å². The minimum atomic E-state index is 0.613. The van der Waals surface area contributed by atoms with Gasteiger partial charge < -0.3 is 19.8 Å². The van der Waals surface area contributed by atoms with E-state index in [1.165, 1.54) is 84.2 Å². The molecule has 4 heterocycles. The predicted octanol–water partition coefficient (Wildman–Crippen LogP) is 4.14. The Labute approximate surface area is 205 Å². The molecule has 0 radical (unpaired) electrons. The Bertz CT molecular complexity index is 794. The molecular weight excluding hydrogens is 422 g/mol. The average Bonchev–Trinajstić information content (AvgIpc) is 3.59. The van der Waals surface area contributed by atoms with Crippen molar-refractivity contribution in [3.8, 4) is 0 Å². The molecule has 7 heteroatoms. The molecular formula is C27H45N7. The first-order valence-corrected chi connectivity index (χ1v) is 13.7. The summed E-state index contributed by atoms with van der Waals surface area (Å²) in [4.78, 5) is 23.7. The molecule has 3 fully saturated rings. The van der Waals surface area contributed by atoms with Crippen LogP contribution in [0.2, 0.25) is 0 Å². The number of imidazole rings is 2. The summed E-state index contributed by atoms with van der Waals surface area (Å²) in [5.74, 6) is 3.76. The molecule has 34 heavy (non-hydrogen) atoms. The van der Waals surface area contributed by atoms with Crippen molar-refractivity contribution in [3.05, 3.63) is 36.4 Å². The van der Waals surface area contributed by atoms with E-state index < -0.39 is 0 Å². The fraction of sp³-hybridized carbons (Fsp3) is 0.778. The number of hydrogen-bond donors (Lipinski definition) is 2. The molecule has 0 aromatic carbocycles. The standard InChI is InChI=1S/C27H45N7/c1-22(2)17-32-14-7-27(8-15-32)9-16-33(21-27)18-23-3-5-24(6-4-23)34(19-25-28-10-11-29-25)20-26-30-12-13-31-26/h10-13,22-24H,3-9,14-21H2,1-2H3,(H,28,29)(H,30,31). The van der Waals surface area contributed by atoms with Gasteiger partial charge in [0.1, 0.15) is 11.6 Å². The molecule has 2 aromatic heterocycles. The molecule has 2 saturated heterocycles. The highest BCUT2D eigenvalue weighted by Crippen LogP contribution is 2.41. The Balaban J connectivity index is 1.09. The number of nitrogens with one attached hydrogen (secondary N) is 2. The van der Waals surface area contributed by atoms with Crippen LogP contribution in [0.1, 0.15) is 70.4 Å². The van der Waals surface area contributed by atoms with Crippen LogP contribution in [0.15, 0.2) is 24.8 Å². The lowest BCUT2D eigenvalue weighted by Crippen LogP contribution is -2.43. The third-order valence-electron chi connectivity index (χ3n) is 8.72. The SMILES string of the molecule is CC(C)CN1CCC2(CC1)CCN(CC1CCC(N(Cc3ncc[nH]3)Cc3ncc[nH]3)CC1)C2. The molecule has 7 nitrogen and oxygen atoms in total. The summed E-state index contributed by atoms with van der Waals surface area (Å²) in [6.45, 7) is 14.3. The molecule has 2 aliphatic heterocycles. The van der Waals surface area contributed by atoms with Crippen LogP contribution in [0.25, 0.3) is 0 Å². The predicted molar refractivity (Wildman–Crippen MR) is 136 cm³/mol. The van der Waals surface area contributed by atoms with Crippen LogP contribution in [0, 0.1) is 17.3 Å². The van der Waals surface area contributed by atoms with Crippen molar-refractivity contribution in [3.63, 3.8) is 0 Å². The van der Waals surface area contributed by atoms with Crippen LogP contribution in [0.4, 0.5) is 0 Å². The van der Waals surface area contributed by atoms with Crippen molar-refractivity contribution in [2.24, 2.45) is 17.3 Å². The third-order valence-corrected chi connectivity index (χ3v) is 8.72. The first-order chi connectivity index (χ1) is 16.6. The lowest BCUT2D eigenvalue weighted by atomic mass is 9.77. The van der Waals surface area contributed by atoms with Gasteiger partial charge in [-0.2, -0.15) is 0 Å². The summed E-state index contributed by atoms with van der Waals surface area (Å²) in [5, 5.41) is 0. The Kier molecular flexibility index (Phi) is 7.71. The Hall–Kier alpha value is -1.70. The van der Waals surface area contributed by atoms with Gasteiger partial charge in [0.05, 0.1) is 13.1 Å². The fourth-order valence-electron chi connectivity index (χ4n) is 6.84. The number of nitrogens with zero attached hydrogens (tertiary/aromatic N) is 5. The summed E-state index contributed by atoms with van der Waals surface area (Å²) >= 11 is 0. The van der Waals surface area contributed by atoms with Crippen molar-refractivity contribution in [2.75, 3.05) is 39.3 Å². The van der Waals surface area contributed by atoms with Crippen LogP contribution in [-0.4, -0.2) is 79.9 Å².